The van der Waals surface area contributed by atoms with E-state index < -0.39 is 16.0 Å². The monoisotopic (exact) mass is 397 g/mol. The Morgan fingerprint density at radius 2 is 1.88 bits per heavy atom. The van der Waals surface area contributed by atoms with Crippen molar-refractivity contribution >= 4 is 33.3 Å². The first-order chi connectivity index (χ1) is 12.3. The van der Waals surface area contributed by atoms with Crippen LogP contribution in [0.5, 0.6) is 5.75 Å². The fourth-order valence-corrected chi connectivity index (χ4v) is 3.72. The molecule has 0 bridgehead atoms. The van der Waals surface area contributed by atoms with Gasteiger partial charge in [-0.25, -0.2) is 13.2 Å². The summed E-state index contributed by atoms with van der Waals surface area (Å²) in [5, 5.41) is 0.104. The van der Waals surface area contributed by atoms with Crippen LogP contribution in [0.2, 0.25) is 5.02 Å². The zero-order valence-corrected chi connectivity index (χ0v) is 16.3. The minimum Gasteiger partial charge on any atom is -0.496 e. The lowest BCUT2D eigenvalue weighted by molar-refractivity contribution is 0.0526. The molecule has 0 amide bonds. The molecule has 8 heteroatoms. The number of hydrogen-bond acceptors (Lipinski definition) is 5. The molecule has 1 N–H and O–H groups in total. The molecule has 0 fully saturated rings. The van der Waals surface area contributed by atoms with Crippen molar-refractivity contribution in [3.05, 3.63) is 52.5 Å². The molecule has 0 aliphatic rings. The van der Waals surface area contributed by atoms with Gasteiger partial charge in [-0.15, -0.1) is 0 Å². The van der Waals surface area contributed by atoms with Gasteiger partial charge in [0.05, 0.1) is 34.9 Å². The number of benzene rings is 2. The number of carbonyl (C=O) groups excluding carboxylic acids is 1. The number of anilines is 1. The molecule has 0 saturated heterocycles. The molecule has 2 aromatic rings. The SMILES string of the molecule is CCOC(=O)c1ccc(NS(=O)(=O)c2ccc(OC)c(CC)c2)cc1Cl. The van der Waals surface area contributed by atoms with Crippen molar-refractivity contribution in [2.24, 2.45) is 0 Å². The normalized spacial score (nSPS) is 11.1. The van der Waals surface area contributed by atoms with Crippen LogP contribution in [0.15, 0.2) is 41.3 Å². The van der Waals surface area contributed by atoms with Crippen LogP contribution < -0.4 is 9.46 Å². The molecular weight excluding hydrogens is 378 g/mol. The molecule has 0 spiro atoms. The Bertz CT molecular complexity index is 912. The van der Waals surface area contributed by atoms with Gasteiger partial charge in [0.25, 0.3) is 10.0 Å². The number of esters is 1. The lowest BCUT2D eigenvalue weighted by Gasteiger charge is -2.12. The number of hydrogen-bond donors (Lipinski definition) is 1. The lowest BCUT2D eigenvalue weighted by Crippen LogP contribution is -2.14. The molecule has 2 rings (SSSR count). The van der Waals surface area contributed by atoms with E-state index in [4.69, 9.17) is 21.1 Å². The molecule has 0 atom stereocenters. The fraction of sp³-hybridized carbons (Fsp3) is 0.278. The average molecular weight is 398 g/mol. The van der Waals surface area contributed by atoms with E-state index in [0.29, 0.717) is 12.2 Å². The van der Waals surface area contributed by atoms with Crippen molar-refractivity contribution in [2.75, 3.05) is 18.4 Å². The van der Waals surface area contributed by atoms with E-state index in [1.165, 1.54) is 31.4 Å². The highest BCUT2D eigenvalue weighted by Crippen LogP contribution is 2.26. The number of nitrogens with one attached hydrogen (secondary N) is 1. The summed E-state index contributed by atoms with van der Waals surface area (Å²) in [6.45, 7) is 3.82. The van der Waals surface area contributed by atoms with Crippen LogP contribution in [-0.2, 0) is 21.2 Å². The molecule has 26 heavy (non-hydrogen) atoms. The van der Waals surface area contributed by atoms with Gasteiger partial charge in [0.15, 0.2) is 0 Å². The Balaban J connectivity index is 2.29. The number of carbonyl (C=O) groups is 1. The van der Waals surface area contributed by atoms with E-state index in [-0.39, 0.29) is 27.8 Å². The van der Waals surface area contributed by atoms with Gasteiger partial charge in [-0.05, 0) is 55.3 Å². The van der Waals surface area contributed by atoms with Crippen molar-refractivity contribution in [3.63, 3.8) is 0 Å². The molecule has 6 nitrogen and oxygen atoms in total. The van der Waals surface area contributed by atoms with E-state index in [1.54, 1.807) is 19.1 Å². The topological polar surface area (TPSA) is 81.7 Å². The third kappa shape index (κ3) is 4.47. The maximum absolute atomic E-state index is 12.6. The highest BCUT2D eigenvalue weighted by molar-refractivity contribution is 7.92. The highest BCUT2D eigenvalue weighted by Gasteiger charge is 2.18. The number of sulfonamides is 1. The van der Waals surface area contributed by atoms with Crippen molar-refractivity contribution < 1.29 is 22.7 Å². The van der Waals surface area contributed by atoms with Gasteiger partial charge in [0, 0.05) is 0 Å². The highest BCUT2D eigenvalue weighted by atomic mass is 35.5. The molecule has 0 aliphatic carbocycles. The standard InChI is InChI=1S/C18H20ClNO5S/c1-4-12-10-14(7-9-17(12)24-3)26(22,23)20-13-6-8-15(16(19)11-13)18(21)25-5-2/h6-11,20H,4-5H2,1-3H3. The first kappa shape index (κ1) is 20.1. The Kier molecular flexibility index (Phi) is 6.50. The third-order valence-electron chi connectivity index (χ3n) is 3.66. The van der Waals surface area contributed by atoms with Gasteiger partial charge < -0.3 is 9.47 Å². The first-order valence-corrected chi connectivity index (χ1v) is 9.84. The van der Waals surface area contributed by atoms with Crippen LogP contribution in [0.3, 0.4) is 0 Å². The number of halogens is 1. The van der Waals surface area contributed by atoms with Crippen molar-refractivity contribution in [1.29, 1.82) is 0 Å². The summed E-state index contributed by atoms with van der Waals surface area (Å²) in [6, 6.07) is 8.90. The molecular formula is C18H20ClNO5S. The van der Waals surface area contributed by atoms with E-state index in [1.807, 2.05) is 6.92 Å². The summed E-state index contributed by atoms with van der Waals surface area (Å²) < 4.78 is 37.8. The number of methoxy groups -OCH3 is 1. The molecule has 0 aliphatic heterocycles. The van der Waals surface area contributed by atoms with Gasteiger partial charge in [-0.1, -0.05) is 18.5 Å². The molecule has 0 aromatic heterocycles. The fourth-order valence-electron chi connectivity index (χ4n) is 2.37. The zero-order chi connectivity index (χ0) is 19.3. The van der Waals surface area contributed by atoms with Crippen molar-refractivity contribution in [2.45, 2.75) is 25.2 Å². The van der Waals surface area contributed by atoms with Crippen LogP contribution in [0.4, 0.5) is 5.69 Å². The summed E-state index contributed by atoms with van der Waals surface area (Å²) >= 11 is 6.07. The summed E-state index contributed by atoms with van der Waals surface area (Å²) in [7, 11) is -2.28. The summed E-state index contributed by atoms with van der Waals surface area (Å²) in [4.78, 5) is 11.9. The quantitative estimate of drug-likeness (QED) is 0.717. The Morgan fingerprint density at radius 1 is 1.15 bits per heavy atom. The number of ether oxygens (including phenoxy) is 2. The predicted octanol–water partition coefficient (Wildman–Crippen LogP) is 3.89. The van der Waals surface area contributed by atoms with Gasteiger partial charge in [0.2, 0.25) is 0 Å². The van der Waals surface area contributed by atoms with Gasteiger partial charge in [0.1, 0.15) is 5.75 Å². The Hall–Kier alpha value is -2.25. The summed E-state index contributed by atoms with van der Waals surface area (Å²) in [5.41, 5.74) is 1.21. The summed E-state index contributed by atoms with van der Waals surface area (Å²) in [5.74, 6) is 0.0722. The lowest BCUT2D eigenvalue weighted by atomic mass is 10.1. The molecule has 0 radical (unpaired) electrons. The number of rotatable bonds is 7. The van der Waals surface area contributed by atoms with Gasteiger partial charge in [-0.2, -0.15) is 0 Å². The van der Waals surface area contributed by atoms with Crippen LogP contribution in [0.25, 0.3) is 0 Å². The van der Waals surface area contributed by atoms with E-state index in [9.17, 15) is 13.2 Å². The maximum atomic E-state index is 12.6. The molecule has 0 heterocycles. The smallest absolute Gasteiger partial charge is 0.339 e. The third-order valence-corrected chi connectivity index (χ3v) is 5.35. The Labute approximate surface area is 158 Å². The summed E-state index contributed by atoms with van der Waals surface area (Å²) in [6.07, 6.45) is 0.632. The second kappa shape index (κ2) is 8.42. The molecule has 0 saturated carbocycles. The van der Waals surface area contributed by atoms with E-state index in [2.05, 4.69) is 4.72 Å². The maximum Gasteiger partial charge on any atom is 0.339 e. The van der Waals surface area contributed by atoms with Crippen LogP contribution in [0.1, 0.15) is 29.8 Å². The first-order valence-electron chi connectivity index (χ1n) is 7.98. The van der Waals surface area contributed by atoms with Crippen LogP contribution in [-0.4, -0.2) is 28.1 Å². The van der Waals surface area contributed by atoms with Gasteiger partial charge >= 0.3 is 5.97 Å². The zero-order valence-electron chi connectivity index (χ0n) is 14.7. The largest absolute Gasteiger partial charge is 0.496 e. The average Bonchev–Trinajstić information content (AvgIpc) is 2.60. The minimum absolute atomic E-state index is 0.104. The molecule has 0 unspecified atom stereocenters. The van der Waals surface area contributed by atoms with E-state index in [0.717, 1.165) is 5.56 Å². The van der Waals surface area contributed by atoms with Crippen LogP contribution in [0, 0.1) is 0 Å². The van der Waals surface area contributed by atoms with Crippen molar-refractivity contribution in [3.8, 4) is 5.75 Å². The predicted molar refractivity (Wildman–Crippen MR) is 101 cm³/mol. The molecule has 2 aromatic carbocycles. The van der Waals surface area contributed by atoms with Gasteiger partial charge in [-0.3, -0.25) is 4.72 Å². The number of aryl methyl sites for hydroxylation is 1. The van der Waals surface area contributed by atoms with Crippen molar-refractivity contribution in [1.82, 2.24) is 0 Å². The second-order valence-corrected chi connectivity index (χ2v) is 7.44. The molecule has 140 valence electrons. The Morgan fingerprint density at radius 3 is 2.46 bits per heavy atom. The van der Waals surface area contributed by atoms with E-state index >= 15 is 0 Å². The minimum atomic E-state index is -3.81. The second-order valence-electron chi connectivity index (χ2n) is 5.35. The van der Waals surface area contributed by atoms with Crippen LogP contribution >= 0.6 is 11.6 Å².